The zero-order valence-corrected chi connectivity index (χ0v) is 9.51. The summed E-state index contributed by atoms with van der Waals surface area (Å²) in [6, 6.07) is 0. The summed E-state index contributed by atoms with van der Waals surface area (Å²) in [5, 5.41) is 0. The average Bonchev–Trinajstić information content (AvgIpc) is 2.33. The lowest BCUT2D eigenvalue weighted by Gasteiger charge is -2.09. The van der Waals surface area contributed by atoms with Crippen molar-refractivity contribution in [3.05, 3.63) is 0 Å². The maximum Gasteiger partial charge on any atom is 0.441 e. The molecule has 5 heteroatoms. The topological polar surface area (TPSA) is 0 Å². The molecule has 1 aliphatic carbocycles. The van der Waals surface area contributed by atoms with E-state index < -0.39 is 5.51 Å². The van der Waals surface area contributed by atoms with Crippen LogP contribution >= 0.6 is 27.7 Å². The Morgan fingerprint density at radius 2 is 2.00 bits per heavy atom. The van der Waals surface area contributed by atoms with Gasteiger partial charge in [0.15, 0.2) is 0 Å². The third kappa shape index (κ3) is 5.15. The minimum atomic E-state index is -4.05. The number of hydrogen-bond donors (Lipinski definition) is 0. The highest BCUT2D eigenvalue weighted by Crippen LogP contribution is 2.36. The highest BCUT2D eigenvalue weighted by atomic mass is 79.9. The molecule has 0 spiro atoms. The van der Waals surface area contributed by atoms with Gasteiger partial charge in [-0.05, 0) is 31.6 Å². The molecule has 0 amide bonds. The summed E-state index contributed by atoms with van der Waals surface area (Å²) >= 11 is 3.59. The molecule has 0 nitrogen and oxygen atoms in total. The third-order valence-corrected chi connectivity index (χ3v) is 3.87. The van der Waals surface area contributed by atoms with Crippen LogP contribution < -0.4 is 0 Å². The third-order valence-electron chi connectivity index (χ3n) is 2.27. The molecule has 0 saturated heterocycles. The van der Waals surface area contributed by atoms with Gasteiger partial charge < -0.3 is 0 Å². The van der Waals surface area contributed by atoms with Crippen molar-refractivity contribution in [3.63, 3.8) is 0 Å². The minimum Gasteiger partial charge on any atom is -0.160 e. The van der Waals surface area contributed by atoms with E-state index in [2.05, 4.69) is 15.9 Å². The van der Waals surface area contributed by atoms with Crippen molar-refractivity contribution >= 4 is 27.7 Å². The minimum absolute atomic E-state index is 0.106. The monoisotopic (exact) mass is 276 g/mol. The summed E-state index contributed by atoms with van der Waals surface area (Å²) in [4.78, 5) is 0.536. The fourth-order valence-electron chi connectivity index (χ4n) is 1.62. The first-order chi connectivity index (χ1) is 5.97. The molecule has 0 aliphatic heterocycles. The van der Waals surface area contributed by atoms with Crippen molar-refractivity contribution in [2.45, 2.75) is 36.0 Å². The Morgan fingerprint density at radius 3 is 2.46 bits per heavy atom. The predicted octanol–water partition coefficient (Wildman–Crippen LogP) is 4.19. The largest absolute Gasteiger partial charge is 0.441 e. The summed E-state index contributed by atoms with van der Waals surface area (Å²) in [5.74, 6) is 0.715. The van der Waals surface area contributed by atoms with Crippen LogP contribution in [0.15, 0.2) is 0 Å². The van der Waals surface area contributed by atoms with E-state index in [1.807, 2.05) is 0 Å². The number of rotatable bonds is 3. The van der Waals surface area contributed by atoms with Crippen LogP contribution in [-0.2, 0) is 0 Å². The van der Waals surface area contributed by atoms with Crippen LogP contribution in [0.3, 0.4) is 0 Å². The van der Waals surface area contributed by atoms with Crippen molar-refractivity contribution < 1.29 is 13.2 Å². The maximum absolute atomic E-state index is 11.8. The van der Waals surface area contributed by atoms with E-state index in [1.165, 1.54) is 0 Å². The van der Waals surface area contributed by atoms with Gasteiger partial charge >= 0.3 is 5.51 Å². The Kier molecular flexibility index (Phi) is 4.42. The van der Waals surface area contributed by atoms with Crippen LogP contribution in [-0.4, -0.2) is 16.1 Å². The smallest absolute Gasteiger partial charge is 0.160 e. The number of thioether (sulfide) groups is 1. The molecular weight excluding hydrogens is 265 g/mol. The molecule has 2 atom stereocenters. The number of halogens is 4. The standard InChI is InChI=1S/C8H12BrF3S/c9-7-2-1-6(5-7)3-4-13-8(10,11)12/h6-7H,1-5H2. The van der Waals surface area contributed by atoms with E-state index in [4.69, 9.17) is 0 Å². The highest BCUT2D eigenvalue weighted by molar-refractivity contribution is 9.09. The molecule has 1 rings (SSSR count). The van der Waals surface area contributed by atoms with Gasteiger partial charge in [0.2, 0.25) is 0 Å². The maximum atomic E-state index is 11.8. The van der Waals surface area contributed by atoms with Crippen LogP contribution in [0.4, 0.5) is 13.2 Å². The lowest BCUT2D eigenvalue weighted by molar-refractivity contribution is -0.0328. The van der Waals surface area contributed by atoms with Gasteiger partial charge in [-0.1, -0.05) is 27.7 Å². The first-order valence-electron chi connectivity index (χ1n) is 4.32. The molecule has 0 aromatic rings. The van der Waals surface area contributed by atoms with E-state index in [0.717, 1.165) is 19.3 Å². The molecular formula is C8H12BrF3S. The van der Waals surface area contributed by atoms with Gasteiger partial charge in [0, 0.05) is 10.6 Å². The first kappa shape index (κ1) is 11.7. The van der Waals surface area contributed by atoms with Crippen LogP contribution in [0, 0.1) is 5.92 Å². The van der Waals surface area contributed by atoms with Gasteiger partial charge in [0.05, 0.1) is 0 Å². The SMILES string of the molecule is FC(F)(F)SCCC1CCC(Br)C1. The van der Waals surface area contributed by atoms with Gasteiger partial charge in [-0.2, -0.15) is 13.2 Å². The van der Waals surface area contributed by atoms with Crippen LogP contribution in [0.1, 0.15) is 25.7 Å². The molecule has 0 bridgehead atoms. The Morgan fingerprint density at radius 1 is 1.31 bits per heavy atom. The van der Waals surface area contributed by atoms with Gasteiger partial charge in [0.1, 0.15) is 0 Å². The summed E-state index contributed by atoms with van der Waals surface area (Å²) in [6.07, 6.45) is 3.93. The van der Waals surface area contributed by atoms with Gasteiger partial charge in [0.25, 0.3) is 0 Å². The summed E-state index contributed by atoms with van der Waals surface area (Å²) in [6.45, 7) is 0. The molecule has 0 aromatic carbocycles. The second-order valence-corrected chi connectivity index (χ2v) is 5.81. The zero-order valence-electron chi connectivity index (χ0n) is 7.11. The molecule has 0 heterocycles. The quantitative estimate of drug-likeness (QED) is 0.697. The summed E-state index contributed by atoms with van der Waals surface area (Å²) in [5.41, 5.74) is -4.05. The molecule has 0 aromatic heterocycles. The molecule has 0 radical (unpaired) electrons. The fourth-order valence-corrected chi connectivity index (χ4v) is 3.09. The summed E-state index contributed by atoms with van der Waals surface area (Å²) in [7, 11) is 0. The van der Waals surface area contributed by atoms with Crippen molar-refractivity contribution in [3.8, 4) is 0 Å². The molecule has 13 heavy (non-hydrogen) atoms. The first-order valence-corrected chi connectivity index (χ1v) is 6.22. The molecule has 1 aliphatic rings. The second kappa shape index (κ2) is 4.91. The van der Waals surface area contributed by atoms with Crippen molar-refractivity contribution in [2.75, 3.05) is 5.75 Å². The molecule has 2 unspecified atom stereocenters. The van der Waals surface area contributed by atoms with E-state index in [-0.39, 0.29) is 17.5 Å². The Balaban J connectivity index is 2.07. The Labute approximate surface area is 88.8 Å². The van der Waals surface area contributed by atoms with Crippen LogP contribution in [0.5, 0.6) is 0 Å². The highest BCUT2D eigenvalue weighted by Gasteiger charge is 2.29. The fraction of sp³-hybridized carbons (Fsp3) is 1.00. The van der Waals surface area contributed by atoms with Crippen molar-refractivity contribution in [1.82, 2.24) is 0 Å². The molecule has 1 saturated carbocycles. The lowest BCUT2D eigenvalue weighted by Crippen LogP contribution is -2.04. The normalized spacial score (nSPS) is 29.5. The van der Waals surface area contributed by atoms with E-state index in [9.17, 15) is 13.2 Å². The van der Waals surface area contributed by atoms with Crippen LogP contribution in [0.25, 0.3) is 0 Å². The average molecular weight is 277 g/mol. The predicted molar refractivity (Wildman–Crippen MR) is 53.2 cm³/mol. The van der Waals surface area contributed by atoms with Crippen molar-refractivity contribution in [1.29, 1.82) is 0 Å². The number of alkyl halides is 4. The molecule has 0 N–H and O–H groups in total. The number of hydrogen-bond acceptors (Lipinski definition) is 1. The Bertz CT molecular complexity index is 160. The second-order valence-electron chi connectivity index (χ2n) is 3.36. The zero-order chi connectivity index (χ0) is 9.90. The van der Waals surface area contributed by atoms with Crippen LogP contribution in [0.2, 0.25) is 0 Å². The van der Waals surface area contributed by atoms with Gasteiger partial charge in [-0.15, -0.1) is 0 Å². The van der Waals surface area contributed by atoms with Gasteiger partial charge in [-0.25, -0.2) is 0 Å². The lowest BCUT2D eigenvalue weighted by atomic mass is 10.1. The van der Waals surface area contributed by atoms with E-state index >= 15 is 0 Å². The summed E-state index contributed by atoms with van der Waals surface area (Å²) < 4.78 is 35.3. The van der Waals surface area contributed by atoms with Crippen molar-refractivity contribution in [2.24, 2.45) is 5.92 Å². The van der Waals surface area contributed by atoms with E-state index in [1.54, 1.807) is 0 Å². The molecule has 1 fully saturated rings. The van der Waals surface area contributed by atoms with E-state index in [0.29, 0.717) is 17.2 Å². The Hall–Kier alpha value is 0.620. The molecule has 78 valence electrons. The van der Waals surface area contributed by atoms with Gasteiger partial charge in [-0.3, -0.25) is 0 Å².